The summed E-state index contributed by atoms with van der Waals surface area (Å²) in [6.45, 7) is 3.92. The maximum absolute atomic E-state index is 11.9. The molecule has 0 saturated heterocycles. The zero-order valence-corrected chi connectivity index (χ0v) is 12.0. The molecule has 0 saturated carbocycles. The van der Waals surface area contributed by atoms with Crippen LogP contribution in [0.5, 0.6) is 5.75 Å². The minimum absolute atomic E-state index is 0.00257. The number of carbonyl (C=O) groups is 1. The summed E-state index contributed by atoms with van der Waals surface area (Å²) in [7, 11) is 1.76. The van der Waals surface area contributed by atoms with Crippen LogP contribution in [0.3, 0.4) is 0 Å². The Morgan fingerprint density at radius 2 is 2.15 bits per heavy atom. The van der Waals surface area contributed by atoms with Crippen LogP contribution in [-0.2, 0) is 4.79 Å². The number of nitrogen functional groups attached to an aromatic ring is 1. The van der Waals surface area contributed by atoms with Crippen molar-refractivity contribution in [2.75, 3.05) is 19.4 Å². The molecule has 1 aromatic heterocycles. The number of pyridine rings is 1. The van der Waals surface area contributed by atoms with E-state index in [1.807, 2.05) is 26.0 Å². The van der Waals surface area contributed by atoms with Crippen LogP contribution in [0.25, 0.3) is 10.9 Å². The van der Waals surface area contributed by atoms with Crippen LogP contribution in [0, 0.1) is 0 Å². The van der Waals surface area contributed by atoms with Gasteiger partial charge in [-0.2, -0.15) is 0 Å². The molecule has 0 bridgehead atoms. The number of hydrogen-bond donors (Lipinski definition) is 1. The zero-order valence-electron chi connectivity index (χ0n) is 12.0. The number of benzene rings is 1. The summed E-state index contributed by atoms with van der Waals surface area (Å²) in [5.41, 5.74) is 7.16. The minimum Gasteiger partial charge on any atom is -0.483 e. The van der Waals surface area contributed by atoms with E-state index >= 15 is 0 Å². The summed E-state index contributed by atoms with van der Waals surface area (Å²) in [4.78, 5) is 17.8. The standard InChI is InChI=1S/C15H19N3O2/c1-10(2)18(3)14(19)9-20-13-7-6-12(16)15-11(13)5-4-8-17-15/h4-8,10H,9,16H2,1-3H3. The number of amides is 1. The van der Waals surface area contributed by atoms with Crippen molar-refractivity contribution in [2.45, 2.75) is 19.9 Å². The van der Waals surface area contributed by atoms with Crippen molar-refractivity contribution in [1.82, 2.24) is 9.88 Å². The molecule has 0 aliphatic carbocycles. The van der Waals surface area contributed by atoms with Crippen LogP contribution in [0.2, 0.25) is 0 Å². The van der Waals surface area contributed by atoms with Gasteiger partial charge in [-0.25, -0.2) is 0 Å². The third-order valence-electron chi connectivity index (χ3n) is 3.28. The van der Waals surface area contributed by atoms with E-state index in [2.05, 4.69) is 4.98 Å². The zero-order chi connectivity index (χ0) is 14.7. The molecular formula is C15H19N3O2. The van der Waals surface area contributed by atoms with Gasteiger partial charge in [0.1, 0.15) is 5.75 Å². The molecule has 0 unspecified atom stereocenters. The number of aromatic nitrogens is 1. The van der Waals surface area contributed by atoms with Gasteiger partial charge in [-0.1, -0.05) is 0 Å². The van der Waals surface area contributed by atoms with Gasteiger partial charge in [-0.05, 0) is 38.1 Å². The van der Waals surface area contributed by atoms with Gasteiger partial charge < -0.3 is 15.4 Å². The quantitative estimate of drug-likeness (QED) is 0.866. The second kappa shape index (κ2) is 5.77. The van der Waals surface area contributed by atoms with Gasteiger partial charge in [0, 0.05) is 24.7 Å². The second-order valence-corrected chi connectivity index (χ2v) is 4.94. The molecule has 2 rings (SSSR count). The van der Waals surface area contributed by atoms with E-state index in [1.54, 1.807) is 30.3 Å². The summed E-state index contributed by atoms with van der Waals surface area (Å²) in [5, 5.41) is 0.813. The molecule has 2 N–H and O–H groups in total. The first kappa shape index (κ1) is 14.1. The predicted molar refractivity (Wildman–Crippen MR) is 79.6 cm³/mol. The minimum atomic E-state index is -0.0612. The summed E-state index contributed by atoms with van der Waals surface area (Å²) in [6.07, 6.45) is 1.68. The molecule has 5 nitrogen and oxygen atoms in total. The van der Waals surface area contributed by atoms with Crippen molar-refractivity contribution in [3.63, 3.8) is 0 Å². The molecule has 1 aromatic carbocycles. The Hall–Kier alpha value is -2.30. The third-order valence-corrected chi connectivity index (χ3v) is 3.28. The summed E-state index contributed by atoms with van der Waals surface area (Å²) in [5.74, 6) is 0.557. The van der Waals surface area contributed by atoms with Crippen LogP contribution in [0.15, 0.2) is 30.5 Å². The maximum Gasteiger partial charge on any atom is 0.260 e. The molecule has 0 spiro atoms. The number of nitrogens with zero attached hydrogens (tertiary/aromatic N) is 2. The van der Waals surface area contributed by atoms with E-state index in [0.29, 0.717) is 17.0 Å². The van der Waals surface area contributed by atoms with E-state index in [0.717, 1.165) is 5.39 Å². The van der Waals surface area contributed by atoms with Gasteiger partial charge in [0.2, 0.25) is 0 Å². The molecule has 0 aliphatic rings. The highest BCUT2D eigenvalue weighted by Crippen LogP contribution is 2.28. The monoisotopic (exact) mass is 273 g/mol. The number of nitrogens with two attached hydrogens (primary N) is 1. The molecule has 0 radical (unpaired) electrons. The van der Waals surface area contributed by atoms with Gasteiger partial charge in [0.05, 0.1) is 11.2 Å². The molecule has 20 heavy (non-hydrogen) atoms. The summed E-state index contributed by atoms with van der Waals surface area (Å²) < 4.78 is 5.62. The molecular weight excluding hydrogens is 254 g/mol. The third kappa shape index (κ3) is 2.82. The number of rotatable bonds is 4. The molecule has 0 fully saturated rings. The average Bonchev–Trinajstić information content (AvgIpc) is 2.45. The van der Waals surface area contributed by atoms with Gasteiger partial charge in [-0.15, -0.1) is 0 Å². The largest absolute Gasteiger partial charge is 0.483 e. The van der Waals surface area contributed by atoms with Crippen LogP contribution in [0.4, 0.5) is 5.69 Å². The highest BCUT2D eigenvalue weighted by atomic mass is 16.5. The number of carbonyl (C=O) groups excluding carboxylic acids is 1. The summed E-state index contributed by atoms with van der Waals surface area (Å²) in [6, 6.07) is 7.35. The van der Waals surface area contributed by atoms with Crippen molar-refractivity contribution >= 4 is 22.5 Å². The Kier molecular flexibility index (Phi) is 4.08. The first-order valence-electron chi connectivity index (χ1n) is 6.52. The smallest absolute Gasteiger partial charge is 0.260 e. The van der Waals surface area contributed by atoms with E-state index in [-0.39, 0.29) is 18.6 Å². The molecule has 0 atom stereocenters. The fraction of sp³-hybridized carbons (Fsp3) is 0.333. The Balaban J connectivity index is 2.19. The molecule has 0 aliphatic heterocycles. The van der Waals surface area contributed by atoms with E-state index < -0.39 is 0 Å². The Labute approximate surface area is 118 Å². The Bertz CT molecular complexity index is 626. The highest BCUT2D eigenvalue weighted by Gasteiger charge is 2.13. The number of ether oxygens (including phenoxy) is 1. The normalized spacial score (nSPS) is 10.8. The SMILES string of the molecule is CC(C)N(C)C(=O)COc1ccc(N)c2ncccc12. The van der Waals surface area contributed by atoms with Gasteiger partial charge in [0.15, 0.2) is 6.61 Å². The maximum atomic E-state index is 11.9. The topological polar surface area (TPSA) is 68.5 Å². The first-order chi connectivity index (χ1) is 9.50. The molecule has 5 heteroatoms. The fourth-order valence-corrected chi connectivity index (χ4v) is 1.82. The average molecular weight is 273 g/mol. The van der Waals surface area contributed by atoms with Crippen LogP contribution < -0.4 is 10.5 Å². The Morgan fingerprint density at radius 3 is 2.85 bits per heavy atom. The lowest BCUT2D eigenvalue weighted by Gasteiger charge is -2.21. The molecule has 106 valence electrons. The molecule has 1 heterocycles. The van der Waals surface area contributed by atoms with Crippen molar-refractivity contribution in [1.29, 1.82) is 0 Å². The van der Waals surface area contributed by atoms with Crippen molar-refractivity contribution < 1.29 is 9.53 Å². The highest BCUT2D eigenvalue weighted by molar-refractivity contribution is 5.94. The van der Waals surface area contributed by atoms with Crippen LogP contribution in [0.1, 0.15) is 13.8 Å². The number of fused-ring (bicyclic) bond motifs is 1. The number of anilines is 1. The van der Waals surface area contributed by atoms with E-state index in [9.17, 15) is 4.79 Å². The van der Waals surface area contributed by atoms with E-state index in [1.165, 1.54) is 0 Å². The first-order valence-corrected chi connectivity index (χ1v) is 6.52. The number of hydrogen-bond acceptors (Lipinski definition) is 4. The van der Waals surface area contributed by atoms with Gasteiger partial charge in [-0.3, -0.25) is 9.78 Å². The lowest BCUT2D eigenvalue weighted by Crippen LogP contribution is -2.36. The van der Waals surface area contributed by atoms with Gasteiger partial charge >= 0.3 is 0 Å². The predicted octanol–water partition coefficient (Wildman–Crippen LogP) is 2.06. The lowest BCUT2D eigenvalue weighted by atomic mass is 10.2. The van der Waals surface area contributed by atoms with E-state index in [4.69, 9.17) is 10.5 Å². The Morgan fingerprint density at radius 1 is 1.40 bits per heavy atom. The fourth-order valence-electron chi connectivity index (χ4n) is 1.82. The van der Waals surface area contributed by atoms with Crippen molar-refractivity contribution in [2.24, 2.45) is 0 Å². The van der Waals surface area contributed by atoms with Crippen LogP contribution in [-0.4, -0.2) is 35.5 Å². The van der Waals surface area contributed by atoms with Crippen molar-refractivity contribution in [3.8, 4) is 5.75 Å². The lowest BCUT2D eigenvalue weighted by molar-refractivity contribution is -0.133. The second-order valence-electron chi connectivity index (χ2n) is 4.94. The van der Waals surface area contributed by atoms with Gasteiger partial charge in [0.25, 0.3) is 5.91 Å². The number of likely N-dealkylation sites (N-methyl/N-ethyl adjacent to an activating group) is 1. The molecule has 2 aromatic rings. The van der Waals surface area contributed by atoms with Crippen molar-refractivity contribution in [3.05, 3.63) is 30.5 Å². The van der Waals surface area contributed by atoms with Crippen LogP contribution >= 0.6 is 0 Å². The molecule has 1 amide bonds. The summed E-state index contributed by atoms with van der Waals surface area (Å²) >= 11 is 0.